The summed E-state index contributed by atoms with van der Waals surface area (Å²) in [4.78, 5) is 24.6. The third-order valence-electron chi connectivity index (χ3n) is 3.80. The van der Waals surface area contributed by atoms with Crippen LogP contribution in [-0.2, 0) is 4.79 Å². The van der Waals surface area contributed by atoms with Crippen LogP contribution in [0.25, 0.3) is 0 Å². The first-order valence-corrected chi connectivity index (χ1v) is 6.50. The van der Waals surface area contributed by atoms with Gasteiger partial charge >= 0.3 is 0 Å². The summed E-state index contributed by atoms with van der Waals surface area (Å²) in [7, 11) is 0. The quantitative estimate of drug-likeness (QED) is 0.653. The summed E-state index contributed by atoms with van der Waals surface area (Å²) in [6.07, 6.45) is 3.34. The molecule has 0 bridgehead atoms. The number of amides is 1. The highest BCUT2D eigenvalue weighted by Gasteiger charge is 2.36. The largest absolute Gasteiger partial charge is 0.324 e. The van der Waals surface area contributed by atoms with Crippen molar-refractivity contribution in [2.45, 2.75) is 25.3 Å². The Balaban J connectivity index is 1.96. The van der Waals surface area contributed by atoms with Crippen molar-refractivity contribution < 1.29 is 9.72 Å². The number of fused-ring (bicyclic) bond motifs is 1. The van der Waals surface area contributed by atoms with Gasteiger partial charge in [-0.05, 0) is 32.0 Å². The predicted molar refractivity (Wildman–Crippen MR) is 69.9 cm³/mol. The van der Waals surface area contributed by atoms with E-state index in [1.165, 1.54) is 18.6 Å². The molecule has 0 saturated carbocycles. The number of carbonyl (C=O) groups excluding carboxylic acids is 1. The summed E-state index contributed by atoms with van der Waals surface area (Å²) < 4.78 is 0. The predicted octanol–water partition coefficient (Wildman–Crippen LogP) is 2.07. The van der Waals surface area contributed by atoms with E-state index < -0.39 is 4.92 Å². The van der Waals surface area contributed by atoms with Crippen molar-refractivity contribution in [3.8, 4) is 0 Å². The number of rotatable bonds is 2. The minimum absolute atomic E-state index is 0.0391. The molecule has 19 heavy (non-hydrogen) atoms. The first kappa shape index (κ1) is 12.1. The van der Waals surface area contributed by atoms with Crippen LogP contribution in [0.15, 0.2) is 18.2 Å². The minimum atomic E-state index is -0.420. The number of benzene rings is 1. The Kier molecular flexibility index (Phi) is 2.94. The number of non-ortho nitro benzene ring substituents is 1. The van der Waals surface area contributed by atoms with Crippen LogP contribution in [0.4, 0.5) is 11.4 Å². The van der Waals surface area contributed by atoms with Gasteiger partial charge in [-0.3, -0.25) is 19.8 Å². The van der Waals surface area contributed by atoms with Gasteiger partial charge in [0.15, 0.2) is 0 Å². The molecule has 1 aromatic rings. The highest BCUT2D eigenvalue weighted by atomic mass is 16.6. The van der Waals surface area contributed by atoms with Gasteiger partial charge in [-0.1, -0.05) is 6.42 Å². The average molecular weight is 261 g/mol. The van der Waals surface area contributed by atoms with Crippen molar-refractivity contribution >= 4 is 17.3 Å². The topological polar surface area (TPSA) is 75.5 Å². The second-order valence-corrected chi connectivity index (χ2v) is 5.02. The van der Waals surface area contributed by atoms with E-state index in [1.807, 2.05) is 0 Å². The summed E-state index contributed by atoms with van der Waals surface area (Å²) in [6.45, 7) is 1.75. The standard InChI is InChI=1S/C13H15N3O3/c17-13-12(15-6-2-1-3-7-15)10-8-9(16(18)19)4-5-11(10)14-13/h4-5,8,12H,1-3,6-7H2,(H,14,17)/t12-/m1/s1. The van der Waals surface area contributed by atoms with Gasteiger partial charge in [0.05, 0.1) is 4.92 Å². The monoisotopic (exact) mass is 261 g/mol. The van der Waals surface area contributed by atoms with Crippen LogP contribution in [0.1, 0.15) is 30.9 Å². The Bertz CT molecular complexity index is 538. The highest BCUT2D eigenvalue weighted by molar-refractivity contribution is 6.02. The zero-order chi connectivity index (χ0) is 13.4. The summed E-state index contributed by atoms with van der Waals surface area (Å²) in [6, 6.07) is 4.20. The van der Waals surface area contributed by atoms with Crippen molar-refractivity contribution in [1.29, 1.82) is 0 Å². The summed E-state index contributed by atoms with van der Waals surface area (Å²) in [5.41, 5.74) is 1.48. The van der Waals surface area contributed by atoms with Crippen molar-refractivity contribution in [1.82, 2.24) is 4.90 Å². The van der Waals surface area contributed by atoms with Crippen LogP contribution in [0.2, 0.25) is 0 Å². The number of nitro groups is 1. The SMILES string of the molecule is O=C1Nc2ccc([N+](=O)[O-])cc2[C@H]1N1CCCCC1. The molecule has 6 nitrogen and oxygen atoms in total. The van der Waals surface area contributed by atoms with Crippen LogP contribution >= 0.6 is 0 Å². The van der Waals surface area contributed by atoms with Gasteiger partial charge in [0.2, 0.25) is 5.91 Å². The van der Waals surface area contributed by atoms with Crippen molar-refractivity contribution in [3.05, 3.63) is 33.9 Å². The van der Waals surface area contributed by atoms with Crippen LogP contribution in [0.5, 0.6) is 0 Å². The molecule has 1 N–H and O–H groups in total. The minimum Gasteiger partial charge on any atom is -0.324 e. The fourth-order valence-corrected chi connectivity index (χ4v) is 2.89. The van der Waals surface area contributed by atoms with Gasteiger partial charge in [-0.2, -0.15) is 0 Å². The zero-order valence-corrected chi connectivity index (χ0v) is 10.5. The smallest absolute Gasteiger partial charge is 0.269 e. The molecular weight excluding hydrogens is 246 g/mol. The van der Waals surface area contributed by atoms with Gasteiger partial charge in [-0.15, -0.1) is 0 Å². The molecule has 0 unspecified atom stereocenters. The number of piperidine rings is 1. The lowest BCUT2D eigenvalue weighted by Crippen LogP contribution is -2.37. The van der Waals surface area contributed by atoms with Crippen molar-refractivity contribution in [2.75, 3.05) is 18.4 Å². The van der Waals surface area contributed by atoms with Crippen LogP contribution in [0.3, 0.4) is 0 Å². The Morgan fingerprint density at radius 3 is 2.68 bits per heavy atom. The van der Waals surface area contributed by atoms with E-state index >= 15 is 0 Å². The Labute approximate surface area is 110 Å². The summed E-state index contributed by atoms with van der Waals surface area (Å²) in [5.74, 6) is -0.0719. The first-order valence-electron chi connectivity index (χ1n) is 6.50. The molecule has 1 fully saturated rings. The van der Waals surface area contributed by atoms with E-state index in [0.717, 1.165) is 31.5 Å². The number of nitrogens with zero attached hydrogens (tertiary/aromatic N) is 2. The third-order valence-corrected chi connectivity index (χ3v) is 3.80. The van der Waals surface area contributed by atoms with Crippen molar-refractivity contribution in [2.24, 2.45) is 0 Å². The lowest BCUT2D eigenvalue weighted by molar-refractivity contribution is -0.384. The number of anilines is 1. The fourth-order valence-electron chi connectivity index (χ4n) is 2.89. The molecule has 6 heteroatoms. The molecule has 3 rings (SSSR count). The summed E-state index contributed by atoms with van der Waals surface area (Å²) >= 11 is 0. The Hall–Kier alpha value is -1.95. The molecule has 2 aliphatic rings. The van der Waals surface area contributed by atoms with Gasteiger partial charge in [-0.25, -0.2) is 0 Å². The Morgan fingerprint density at radius 1 is 1.26 bits per heavy atom. The third kappa shape index (κ3) is 2.08. The molecule has 100 valence electrons. The second-order valence-electron chi connectivity index (χ2n) is 5.02. The van der Waals surface area contributed by atoms with Crippen LogP contribution in [0, 0.1) is 10.1 Å². The fraction of sp³-hybridized carbons (Fsp3) is 0.462. The molecule has 0 spiro atoms. The molecule has 0 aliphatic carbocycles. The van der Waals surface area contributed by atoms with Crippen LogP contribution < -0.4 is 5.32 Å². The number of nitro benzene ring substituents is 1. The van der Waals surface area contributed by atoms with E-state index in [0.29, 0.717) is 5.69 Å². The maximum absolute atomic E-state index is 12.1. The zero-order valence-electron chi connectivity index (χ0n) is 10.5. The highest BCUT2D eigenvalue weighted by Crippen LogP contribution is 2.38. The first-order chi connectivity index (χ1) is 9.16. The van der Waals surface area contributed by atoms with E-state index in [2.05, 4.69) is 10.2 Å². The molecule has 1 saturated heterocycles. The van der Waals surface area contributed by atoms with Gasteiger partial charge in [0.1, 0.15) is 6.04 Å². The summed E-state index contributed by atoms with van der Waals surface area (Å²) in [5, 5.41) is 13.7. The van der Waals surface area contributed by atoms with E-state index in [-0.39, 0.29) is 17.6 Å². The molecular formula is C13H15N3O3. The van der Waals surface area contributed by atoms with Crippen LogP contribution in [-0.4, -0.2) is 28.8 Å². The van der Waals surface area contributed by atoms with E-state index in [4.69, 9.17) is 0 Å². The lowest BCUT2D eigenvalue weighted by Gasteiger charge is -2.30. The normalized spacial score (nSPS) is 22.9. The lowest BCUT2D eigenvalue weighted by atomic mass is 10.0. The number of nitrogens with one attached hydrogen (secondary N) is 1. The van der Waals surface area contributed by atoms with Gasteiger partial charge < -0.3 is 5.32 Å². The molecule has 0 aromatic heterocycles. The van der Waals surface area contributed by atoms with E-state index in [1.54, 1.807) is 6.07 Å². The molecule has 1 atom stereocenters. The van der Waals surface area contributed by atoms with Gasteiger partial charge in [0.25, 0.3) is 5.69 Å². The maximum atomic E-state index is 12.1. The number of hydrogen-bond donors (Lipinski definition) is 1. The number of carbonyl (C=O) groups is 1. The maximum Gasteiger partial charge on any atom is 0.269 e. The Morgan fingerprint density at radius 2 is 2.00 bits per heavy atom. The molecule has 2 heterocycles. The van der Waals surface area contributed by atoms with E-state index in [9.17, 15) is 14.9 Å². The number of hydrogen-bond acceptors (Lipinski definition) is 4. The molecule has 1 aromatic carbocycles. The molecule has 2 aliphatic heterocycles. The number of likely N-dealkylation sites (tertiary alicyclic amines) is 1. The molecule has 1 amide bonds. The van der Waals surface area contributed by atoms with Gasteiger partial charge in [0, 0.05) is 23.4 Å². The second kappa shape index (κ2) is 4.62. The average Bonchev–Trinajstić information content (AvgIpc) is 2.74. The van der Waals surface area contributed by atoms with Crippen molar-refractivity contribution in [3.63, 3.8) is 0 Å². The molecule has 0 radical (unpaired) electrons.